The molecule has 2 aromatic heterocycles. The van der Waals surface area contributed by atoms with Crippen molar-refractivity contribution in [1.82, 2.24) is 13.9 Å². The van der Waals surface area contributed by atoms with Gasteiger partial charge in [0.05, 0.1) is 17.9 Å². The molecule has 1 aromatic carbocycles. The van der Waals surface area contributed by atoms with Gasteiger partial charge < -0.3 is 10.1 Å². The molecule has 152 valence electrons. The highest BCUT2D eigenvalue weighted by Gasteiger charge is 2.20. The Balaban J connectivity index is 1.67. The van der Waals surface area contributed by atoms with Crippen molar-refractivity contribution in [3.63, 3.8) is 0 Å². The molecule has 0 saturated heterocycles. The largest absolute Gasteiger partial charge is 0.493 e. The molecular formula is C21H23FN4O2S. The minimum atomic E-state index is -0.278. The van der Waals surface area contributed by atoms with Crippen LogP contribution in [0, 0.1) is 19.7 Å². The zero-order chi connectivity index (χ0) is 20.5. The molecule has 4 rings (SSSR count). The van der Waals surface area contributed by atoms with Gasteiger partial charge in [-0.1, -0.05) is 0 Å². The minimum absolute atomic E-state index is 0.129. The fraction of sp³-hybridized carbons (Fsp3) is 0.381. The van der Waals surface area contributed by atoms with E-state index in [0.29, 0.717) is 30.2 Å². The predicted octanol–water partition coefficient (Wildman–Crippen LogP) is 4.08. The van der Waals surface area contributed by atoms with Crippen LogP contribution in [-0.2, 0) is 19.5 Å². The molecule has 29 heavy (non-hydrogen) atoms. The van der Waals surface area contributed by atoms with Crippen molar-refractivity contribution in [1.29, 1.82) is 0 Å². The Kier molecular flexibility index (Phi) is 5.36. The van der Waals surface area contributed by atoms with E-state index >= 15 is 0 Å². The SMILES string of the molecule is CCn1c(NCc2c(F)ccc3c2CCCO3)ncc(-c2c(C)nsc2C)c1=O. The lowest BCUT2D eigenvalue weighted by molar-refractivity contribution is 0.286. The molecule has 0 spiro atoms. The average molecular weight is 415 g/mol. The maximum Gasteiger partial charge on any atom is 0.262 e. The number of ether oxygens (including phenoxy) is 1. The van der Waals surface area contributed by atoms with Crippen molar-refractivity contribution in [3.8, 4) is 16.9 Å². The van der Waals surface area contributed by atoms with Crippen molar-refractivity contribution in [2.24, 2.45) is 0 Å². The lowest BCUT2D eigenvalue weighted by atomic mass is 9.99. The molecule has 3 heterocycles. The summed E-state index contributed by atoms with van der Waals surface area (Å²) < 4.78 is 26.0. The average Bonchev–Trinajstić information content (AvgIpc) is 3.05. The number of nitrogens with zero attached hydrogens (tertiary/aromatic N) is 3. The second kappa shape index (κ2) is 7.94. The van der Waals surface area contributed by atoms with E-state index in [4.69, 9.17) is 4.74 Å². The lowest BCUT2D eigenvalue weighted by Gasteiger charge is -2.21. The topological polar surface area (TPSA) is 69.0 Å². The van der Waals surface area contributed by atoms with Gasteiger partial charge in [-0.15, -0.1) is 0 Å². The van der Waals surface area contributed by atoms with Crippen molar-refractivity contribution in [2.45, 2.75) is 46.7 Å². The summed E-state index contributed by atoms with van der Waals surface area (Å²) in [6.07, 6.45) is 3.23. The smallest absolute Gasteiger partial charge is 0.262 e. The van der Waals surface area contributed by atoms with Crippen LogP contribution in [-0.4, -0.2) is 20.5 Å². The number of hydrogen-bond acceptors (Lipinski definition) is 6. The summed E-state index contributed by atoms with van der Waals surface area (Å²) in [5, 5.41) is 3.16. The molecule has 1 N–H and O–H groups in total. The molecule has 0 saturated carbocycles. The maximum atomic E-state index is 14.5. The highest BCUT2D eigenvalue weighted by molar-refractivity contribution is 7.06. The molecule has 1 aliphatic rings. The van der Waals surface area contributed by atoms with Gasteiger partial charge in [0.25, 0.3) is 5.56 Å². The van der Waals surface area contributed by atoms with E-state index in [1.165, 1.54) is 17.6 Å². The zero-order valence-corrected chi connectivity index (χ0v) is 17.5. The van der Waals surface area contributed by atoms with E-state index in [9.17, 15) is 9.18 Å². The molecule has 3 aromatic rings. The Morgan fingerprint density at radius 2 is 2.17 bits per heavy atom. The predicted molar refractivity (Wildman–Crippen MR) is 112 cm³/mol. The molecule has 0 unspecified atom stereocenters. The van der Waals surface area contributed by atoms with Crippen LogP contribution in [0.2, 0.25) is 0 Å². The van der Waals surface area contributed by atoms with E-state index < -0.39 is 0 Å². The van der Waals surface area contributed by atoms with Gasteiger partial charge in [0.1, 0.15) is 11.6 Å². The first kappa shape index (κ1) is 19.6. The van der Waals surface area contributed by atoms with E-state index in [0.717, 1.165) is 40.3 Å². The molecule has 0 amide bonds. The first-order valence-corrected chi connectivity index (χ1v) is 10.5. The summed E-state index contributed by atoms with van der Waals surface area (Å²) in [4.78, 5) is 18.6. The molecule has 0 aliphatic carbocycles. The molecule has 8 heteroatoms. The standard InChI is InChI=1S/C21H23FN4O2S/c1-4-26-20(27)16(19-12(2)25-29-13(19)3)11-24-21(26)23-10-15-14-6-5-9-28-18(14)8-7-17(15)22/h7-8,11H,4-6,9-10H2,1-3H3,(H,23,24). The summed E-state index contributed by atoms with van der Waals surface area (Å²) in [6.45, 7) is 7.08. The van der Waals surface area contributed by atoms with Crippen molar-refractivity contribution in [3.05, 3.63) is 56.2 Å². The fourth-order valence-corrected chi connectivity index (χ4v) is 4.52. The third-order valence-electron chi connectivity index (χ3n) is 5.25. The van der Waals surface area contributed by atoms with Crippen LogP contribution in [0.15, 0.2) is 23.1 Å². The van der Waals surface area contributed by atoms with Crippen LogP contribution in [0.25, 0.3) is 11.1 Å². The van der Waals surface area contributed by atoms with E-state index in [-0.39, 0.29) is 17.9 Å². The first-order chi connectivity index (χ1) is 14.0. The van der Waals surface area contributed by atoms with Crippen LogP contribution >= 0.6 is 11.5 Å². The van der Waals surface area contributed by atoms with Crippen LogP contribution in [0.1, 0.15) is 35.0 Å². The molecule has 0 bridgehead atoms. The molecule has 6 nitrogen and oxygen atoms in total. The number of hydrogen-bond donors (Lipinski definition) is 1. The normalized spacial score (nSPS) is 13.1. The molecular weight excluding hydrogens is 391 g/mol. The third-order valence-corrected chi connectivity index (χ3v) is 6.09. The molecule has 0 radical (unpaired) electrons. The number of nitrogens with one attached hydrogen (secondary N) is 1. The van der Waals surface area contributed by atoms with Gasteiger partial charge in [-0.05, 0) is 57.3 Å². The highest BCUT2D eigenvalue weighted by Crippen LogP contribution is 2.30. The monoisotopic (exact) mass is 414 g/mol. The molecule has 1 aliphatic heterocycles. The number of aromatic nitrogens is 3. The minimum Gasteiger partial charge on any atom is -0.493 e. The maximum absolute atomic E-state index is 14.5. The van der Waals surface area contributed by atoms with E-state index in [1.807, 2.05) is 20.8 Å². The third kappa shape index (κ3) is 3.53. The zero-order valence-electron chi connectivity index (χ0n) is 16.7. The highest BCUT2D eigenvalue weighted by atomic mass is 32.1. The van der Waals surface area contributed by atoms with Gasteiger partial charge in [0, 0.05) is 40.9 Å². The number of rotatable bonds is 5. The van der Waals surface area contributed by atoms with Crippen LogP contribution in [0.4, 0.5) is 10.3 Å². The van der Waals surface area contributed by atoms with E-state index in [2.05, 4.69) is 14.7 Å². The first-order valence-electron chi connectivity index (χ1n) is 9.71. The van der Waals surface area contributed by atoms with Crippen LogP contribution in [0.3, 0.4) is 0 Å². The number of fused-ring (bicyclic) bond motifs is 1. The summed E-state index contributed by atoms with van der Waals surface area (Å²) in [6, 6.07) is 3.11. The van der Waals surface area contributed by atoms with Crippen molar-refractivity contribution in [2.75, 3.05) is 11.9 Å². The molecule has 0 atom stereocenters. The molecule has 0 fully saturated rings. The summed E-state index contributed by atoms with van der Waals surface area (Å²) >= 11 is 1.38. The number of anilines is 1. The van der Waals surface area contributed by atoms with Crippen LogP contribution < -0.4 is 15.6 Å². The number of aryl methyl sites for hydroxylation is 2. The Morgan fingerprint density at radius 3 is 2.90 bits per heavy atom. The van der Waals surface area contributed by atoms with Gasteiger partial charge in [-0.3, -0.25) is 9.36 Å². The van der Waals surface area contributed by atoms with E-state index in [1.54, 1.807) is 16.8 Å². The van der Waals surface area contributed by atoms with Gasteiger partial charge in [-0.25, -0.2) is 9.37 Å². The summed E-state index contributed by atoms with van der Waals surface area (Å²) in [5.41, 5.74) is 3.54. The fourth-order valence-electron chi connectivity index (χ4n) is 3.81. The number of benzene rings is 1. The Morgan fingerprint density at radius 1 is 1.34 bits per heavy atom. The second-order valence-electron chi connectivity index (χ2n) is 7.05. The van der Waals surface area contributed by atoms with Gasteiger partial charge in [-0.2, -0.15) is 4.37 Å². The Hall–Kier alpha value is -2.74. The summed E-state index contributed by atoms with van der Waals surface area (Å²) in [5.74, 6) is 0.884. The Labute approximate surface area is 172 Å². The van der Waals surface area contributed by atoms with Gasteiger partial charge >= 0.3 is 0 Å². The second-order valence-corrected chi connectivity index (χ2v) is 8.03. The van der Waals surface area contributed by atoms with Gasteiger partial charge in [0.15, 0.2) is 0 Å². The van der Waals surface area contributed by atoms with Crippen molar-refractivity contribution < 1.29 is 9.13 Å². The van der Waals surface area contributed by atoms with Crippen LogP contribution in [0.5, 0.6) is 5.75 Å². The quantitative estimate of drug-likeness (QED) is 0.681. The lowest BCUT2D eigenvalue weighted by Crippen LogP contribution is -2.26. The van der Waals surface area contributed by atoms with Gasteiger partial charge in [0.2, 0.25) is 5.95 Å². The van der Waals surface area contributed by atoms with Crippen molar-refractivity contribution >= 4 is 17.5 Å². The summed E-state index contributed by atoms with van der Waals surface area (Å²) in [7, 11) is 0. The number of halogens is 1. The Bertz CT molecular complexity index is 1100.